The molecule has 1 unspecified atom stereocenters. The lowest BCUT2D eigenvalue weighted by atomic mass is 9.88. The van der Waals surface area contributed by atoms with Gasteiger partial charge in [0.1, 0.15) is 0 Å². The van der Waals surface area contributed by atoms with E-state index in [1.54, 1.807) is 0 Å². The van der Waals surface area contributed by atoms with E-state index < -0.39 is 0 Å². The highest BCUT2D eigenvalue weighted by atomic mass is 15.1. The van der Waals surface area contributed by atoms with E-state index in [0.717, 1.165) is 18.4 Å². The highest BCUT2D eigenvalue weighted by Gasteiger charge is 2.22. The van der Waals surface area contributed by atoms with Crippen LogP contribution in [0.3, 0.4) is 0 Å². The van der Waals surface area contributed by atoms with Gasteiger partial charge in [0.05, 0.1) is 0 Å². The highest BCUT2D eigenvalue weighted by Crippen LogP contribution is 2.26. The molecule has 2 aliphatic rings. The molecule has 2 nitrogen and oxygen atoms in total. The fourth-order valence-corrected chi connectivity index (χ4v) is 3.57. The molecule has 0 aromatic heterocycles. The molecular weight excluding hydrogens is 208 g/mol. The zero-order chi connectivity index (χ0) is 11.9. The van der Waals surface area contributed by atoms with Gasteiger partial charge >= 0.3 is 0 Å². The quantitative estimate of drug-likeness (QED) is 0.792. The third-order valence-electron chi connectivity index (χ3n) is 4.53. The molecule has 0 amide bonds. The molecule has 0 bridgehead atoms. The Labute approximate surface area is 107 Å². The van der Waals surface area contributed by atoms with E-state index in [1.807, 2.05) is 0 Å². The van der Waals surface area contributed by atoms with Gasteiger partial charge in [0, 0.05) is 13.1 Å². The molecule has 1 saturated carbocycles. The number of rotatable bonds is 5. The summed E-state index contributed by atoms with van der Waals surface area (Å²) >= 11 is 0. The fourth-order valence-electron chi connectivity index (χ4n) is 3.57. The molecule has 2 fully saturated rings. The largest absolute Gasteiger partial charge is 0.317 e. The molecule has 1 N–H and O–H groups in total. The van der Waals surface area contributed by atoms with Crippen LogP contribution in [-0.4, -0.2) is 37.6 Å². The first-order chi connectivity index (χ1) is 8.38. The molecular formula is C15H30N2. The van der Waals surface area contributed by atoms with Crippen molar-refractivity contribution >= 4 is 0 Å². The average molecular weight is 238 g/mol. The molecule has 1 aliphatic heterocycles. The van der Waals surface area contributed by atoms with Gasteiger partial charge in [-0.3, -0.25) is 0 Å². The van der Waals surface area contributed by atoms with Crippen molar-refractivity contribution in [2.75, 3.05) is 32.7 Å². The van der Waals surface area contributed by atoms with E-state index in [2.05, 4.69) is 17.1 Å². The Balaban J connectivity index is 1.68. The van der Waals surface area contributed by atoms with Gasteiger partial charge in [0.25, 0.3) is 0 Å². The van der Waals surface area contributed by atoms with Crippen molar-refractivity contribution in [2.45, 2.75) is 51.9 Å². The van der Waals surface area contributed by atoms with Crippen LogP contribution in [-0.2, 0) is 0 Å². The van der Waals surface area contributed by atoms with E-state index >= 15 is 0 Å². The van der Waals surface area contributed by atoms with E-state index in [0.29, 0.717) is 0 Å². The van der Waals surface area contributed by atoms with Crippen molar-refractivity contribution in [1.82, 2.24) is 10.2 Å². The second-order valence-electron chi connectivity index (χ2n) is 6.08. The van der Waals surface area contributed by atoms with E-state index in [1.165, 1.54) is 71.1 Å². The number of nitrogens with zero attached hydrogens (tertiary/aromatic N) is 1. The summed E-state index contributed by atoms with van der Waals surface area (Å²) in [5, 5.41) is 3.52. The van der Waals surface area contributed by atoms with Gasteiger partial charge < -0.3 is 10.2 Å². The Hall–Kier alpha value is -0.0800. The Morgan fingerprint density at radius 2 is 1.76 bits per heavy atom. The number of nitrogens with one attached hydrogen (secondary N) is 1. The topological polar surface area (TPSA) is 15.3 Å². The molecule has 1 aliphatic carbocycles. The van der Waals surface area contributed by atoms with Gasteiger partial charge in [0.15, 0.2) is 0 Å². The van der Waals surface area contributed by atoms with E-state index in [9.17, 15) is 0 Å². The van der Waals surface area contributed by atoms with Crippen LogP contribution in [0.2, 0.25) is 0 Å². The molecule has 17 heavy (non-hydrogen) atoms. The number of piperidine rings is 1. The summed E-state index contributed by atoms with van der Waals surface area (Å²) in [5.74, 6) is 1.92. The standard InChI is InChI=1S/C15H30N2/c1-2-16-11-15-9-6-10-17(13-15)12-14-7-4-3-5-8-14/h14-16H,2-13H2,1H3. The summed E-state index contributed by atoms with van der Waals surface area (Å²) in [6, 6.07) is 0. The second-order valence-corrected chi connectivity index (χ2v) is 6.08. The Morgan fingerprint density at radius 3 is 2.53 bits per heavy atom. The van der Waals surface area contributed by atoms with E-state index in [-0.39, 0.29) is 0 Å². The zero-order valence-electron chi connectivity index (χ0n) is 11.6. The van der Waals surface area contributed by atoms with Crippen LogP contribution in [0.25, 0.3) is 0 Å². The molecule has 2 rings (SSSR count). The van der Waals surface area contributed by atoms with Gasteiger partial charge in [-0.15, -0.1) is 0 Å². The third kappa shape index (κ3) is 4.59. The SMILES string of the molecule is CCNCC1CCCN(CC2CCCCC2)C1. The summed E-state index contributed by atoms with van der Waals surface area (Å²) in [6.45, 7) is 8.67. The maximum absolute atomic E-state index is 3.52. The molecule has 0 radical (unpaired) electrons. The molecule has 1 heterocycles. The molecule has 1 saturated heterocycles. The second kappa shape index (κ2) is 7.38. The first-order valence-electron chi connectivity index (χ1n) is 7.81. The summed E-state index contributed by atoms with van der Waals surface area (Å²) in [7, 11) is 0. The predicted octanol–water partition coefficient (Wildman–Crippen LogP) is 2.89. The Bertz CT molecular complexity index is 199. The van der Waals surface area contributed by atoms with Gasteiger partial charge in [0.2, 0.25) is 0 Å². The summed E-state index contributed by atoms with van der Waals surface area (Å²) in [4.78, 5) is 2.75. The lowest BCUT2D eigenvalue weighted by Gasteiger charge is -2.36. The van der Waals surface area contributed by atoms with Crippen LogP contribution in [0, 0.1) is 11.8 Å². The van der Waals surface area contributed by atoms with Crippen LogP contribution in [0.15, 0.2) is 0 Å². The number of likely N-dealkylation sites (tertiary alicyclic amines) is 1. The van der Waals surface area contributed by atoms with Crippen molar-refractivity contribution in [1.29, 1.82) is 0 Å². The fraction of sp³-hybridized carbons (Fsp3) is 1.00. The van der Waals surface area contributed by atoms with Gasteiger partial charge in [-0.1, -0.05) is 26.2 Å². The van der Waals surface area contributed by atoms with Gasteiger partial charge in [-0.2, -0.15) is 0 Å². The number of hydrogen-bond donors (Lipinski definition) is 1. The first-order valence-corrected chi connectivity index (χ1v) is 7.81. The van der Waals surface area contributed by atoms with Gasteiger partial charge in [-0.25, -0.2) is 0 Å². The normalized spacial score (nSPS) is 28.4. The molecule has 0 aromatic rings. The lowest BCUT2D eigenvalue weighted by Crippen LogP contribution is -2.42. The first kappa shape index (κ1) is 13.4. The maximum atomic E-state index is 3.52. The monoisotopic (exact) mass is 238 g/mol. The van der Waals surface area contributed by atoms with Crippen molar-refractivity contribution in [3.63, 3.8) is 0 Å². The minimum absolute atomic E-state index is 0.910. The van der Waals surface area contributed by atoms with Crippen LogP contribution >= 0.6 is 0 Å². The van der Waals surface area contributed by atoms with Crippen LogP contribution in [0.1, 0.15) is 51.9 Å². The lowest BCUT2D eigenvalue weighted by molar-refractivity contribution is 0.137. The number of hydrogen-bond acceptors (Lipinski definition) is 2. The summed E-state index contributed by atoms with van der Waals surface area (Å²) < 4.78 is 0. The van der Waals surface area contributed by atoms with Crippen molar-refractivity contribution in [3.8, 4) is 0 Å². The zero-order valence-corrected chi connectivity index (χ0v) is 11.6. The average Bonchev–Trinajstić information content (AvgIpc) is 2.38. The Kier molecular flexibility index (Phi) is 5.79. The maximum Gasteiger partial charge on any atom is 0.00219 e. The third-order valence-corrected chi connectivity index (χ3v) is 4.53. The summed E-state index contributed by atoms with van der Waals surface area (Å²) in [6.07, 6.45) is 10.3. The van der Waals surface area contributed by atoms with Gasteiger partial charge in [-0.05, 0) is 57.2 Å². The van der Waals surface area contributed by atoms with E-state index in [4.69, 9.17) is 0 Å². The summed E-state index contributed by atoms with van der Waals surface area (Å²) in [5.41, 5.74) is 0. The van der Waals surface area contributed by atoms with Crippen molar-refractivity contribution in [3.05, 3.63) is 0 Å². The van der Waals surface area contributed by atoms with Crippen molar-refractivity contribution < 1.29 is 0 Å². The molecule has 2 heteroatoms. The minimum atomic E-state index is 0.910. The predicted molar refractivity (Wildman–Crippen MR) is 74.3 cm³/mol. The molecule has 1 atom stereocenters. The van der Waals surface area contributed by atoms with Crippen molar-refractivity contribution in [2.24, 2.45) is 11.8 Å². The smallest absolute Gasteiger partial charge is 0.00219 e. The molecule has 100 valence electrons. The Morgan fingerprint density at radius 1 is 1.00 bits per heavy atom. The molecule has 0 aromatic carbocycles. The molecule has 0 spiro atoms. The van der Waals surface area contributed by atoms with Crippen LogP contribution in [0.4, 0.5) is 0 Å². The highest BCUT2D eigenvalue weighted by molar-refractivity contribution is 4.77. The van der Waals surface area contributed by atoms with Crippen LogP contribution in [0.5, 0.6) is 0 Å². The minimum Gasteiger partial charge on any atom is -0.317 e. The van der Waals surface area contributed by atoms with Crippen LogP contribution < -0.4 is 5.32 Å².